The summed E-state index contributed by atoms with van der Waals surface area (Å²) >= 11 is 5.98. The largest absolute Gasteiger partial charge is 0.490 e. The van der Waals surface area contributed by atoms with Gasteiger partial charge in [-0.05, 0) is 49.6 Å². The summed E-state index contributed by atoms with van der Waals surface area (Å²) in [5.41, 5.74) is -1.83. The van der Waals surface area contributed by atoms with Crippen LogP contribution in [0, 0.1) is 5.82 Å². The number of hydrogen-bond acceptors (Lipinski definition) is 6. The van der Waals surface area contributed by atoms with Crippen molar-refractivity contribution in [1.29, 1.82) is 0 Å². The van der Waals surface area contributed by atoms with Crippen molar-refractivity contribution in [3.05, 3.63) is 59.4 Å². The fourth-order valence-electron chi connectivity index (χ4n) is 4.63. The lowest BCUT2D eigenvalue weighted by Gasteiger charge is -2.46. The van der Waals surface area contributed by atoms with Crippen LogP contribution in [0.15, 0.2) is 48.5 Å². The number of rotatable bonds is 6. The van der Waals surface area contributed by atoms with Crippen molar-refractivity contribution in [2.45, 2.75) is 36.6 Å². The van der Waals surface area contributed by atoms with Gasteiger partial charge in [0.25, 0.3) is 0 Å². The first-order chi connectivity index (χ1) is 15.3. The number of halogens is 2. The molecule has 0 unspecified atom stereocenters. The van der Waals surface area contributed by atoms with E-state index in [1.165, 1.54) is 6.07 Å². The second-order valence-electron chi connectivity index (χ2n) is 9.03. The molecule has 174 valence electrons. The molecule has 0 aliphatic carbocycles. The van der Waals surface area contributed by atoms with E-state index in [1.807, 2.05) is 15.9 Å². The highest BCUT2D eigenvalue weighted by molar-refractivity contribution is 6.30. The van der Waals surface area contributed by atoms with Crippen LogP contribution in [0.4, 0.5) is 10.1 Å². The van der Waals surface area contributed by atoms with Gasteiger partial charge < -0.3 is 25.0 Å². The Morgan fingerprint density at radius 2 is 1.81 bits per heavy atom. The Kier molecular flexibility index (Phi) is 6.93. The number of nitrogens with zero attached hydrogens (tertiary/aromatic N) is 2. The lowest BCUT2D eigenvalue weighted by Crippen LogP contribution is -2.62. The molecule has 3 N–H and O–H groups in total. The van der Waals surface area contributed by atoms with Gasteiger partial charge in [0.1, 0.15) is 23.8 Å². The van der Waals surface area contributed by atoms with E-state index >= 15 is 0 Å². The van der Waals surface area contributed by atoms with Gasteiger partial charge in [-0.1, -0.05) is 29.8 Å². The van der Waals surface area contributed by atoms with Gasteiger partial charge in [0.05, 0.1) is 17.4 Å². The molecule has 6 nitrogen and oxygen atoms in total. The zero-order valence-corrected chi connectivity index (χ0v) is 18.7. The first-order valence-corrected chi connectivity index (χ1v) is 11.4. The minimum absolute atomic E-state index is 0.0789. The Labute approximate surface area is 192 Å². The molecule has 4 rings (SSSR count). The van der Waals surface area contributed by atoms with Crippen LogP contribution in [0.25, 0.3) is 0 Å². The van der Waals surface area contributed by atoms with E-state index in [-0.39, 0.29) is 19.0 Å². The first kappa shape index (κ1) is 23.3. The average molecular weight is 465 g/mol. The monoisotopic (exact) mass is 464 g/mol. The molecule has 8 heteroatoms. The minimum atomic E-state index is -1.45. The van der Waals surface area contributed by atoms with E-state index in [2.05, 4.69) is 0 Å². The number of hydrogen-bond donors (Lipinski definition) is 3. The normalized spacial score (nSPS) is 26.2. The van der Waals surface area contributed by atoms with Crippen molar-refractivity contribution in [1.82, 2.24) is 4.90 Å². The summed E-state index contributed by atoms with van der Waals surface area (Å²) in [5, 5.41) is 33.3. The van der Waals surface area contributed by atoms with Gasteiger partial charge in [-0.25, -0.2) is 4.39 Å². The third-order valence-corrected chi connectivity index (χ3v) is 6.76. The number of likely N-dealkylation sites (tertiary alicyclic amines) is 1. The van der Waals surface area contributed by atoms with E-state index < -0.39 is 17.3 Å². The van der Waals surface area contributed by atoms with Crippen molar-refractivity contribution in [3.8, 4) is 5.75 Å². The van der Waals surface area contributed by atoms with E-state index in [9.17, 15) is 19.7 Å². The molecule has 2 aliphatic rings. The second kappa shape index (κ2) is 9.53. The van der Waals surface area contributed by atoms with Crippen molar-refractivity contribution in [2.75, 3.05) is 44.2 Å². The fraction of sp³-hybridized carbons (Fsp3) is 0.500. The Balaban J connectivity index is 1.34. The number of aliphatic hydroxyl groups excluding tert-OH is 1. The quantitative estimate of drug-likeness (QED) is 0.610. The molecule has 2 atom stereocenters. The van der Waals surface area contributed by atoms with Gasteiger partial charge in [0.15, 0.2) is 0 Å². The summed E-state index contributed by atoms with van der Waals surface area (Å²) in [4.78, 5) is 3.94. The third-order valence-electron chi connectivity index (χ3n) is 6.53. The van der Waals surface area contributed by atoms with Gasteiger partial charge in [0.2, 0.25) is 0 Å². The minimum Gasteiger partial charge on any atom is -0.490 e. The Morgan fingerprint density at radius 1 is 1.06 bits per heavy atom. The molecule has 0 bridgehead atoms. The van der Waals surface area contributed by atoms with Crippen LogP contribution in [0.3, 0.4) is 0 Å². The van der Waals surface area contributed by atoms with Crippen molar-refractivity contribution in [3.63, 3.8) is 0 Å². The predicted molar refractivity (Wildman–Crippen MR) is 122 cm³/mol. The highest BCUT2D eigenvalue weighted by Gasteiger charge is 2.44. The van der Waals surface area contributed by atoms with Crippen LogP contribution in [0.2, 0.25) is 5.02 Å². The highest BCUT2D eigenvalue weighted by atomic mass is 35.5. The van der Waals surface area contributed by atoms with Gasteiger partial charge in [0, 0.05) is 37.7 Å². The number of aliphatic hydroxyl groups is 3. The maximum absolute atomic E-state index is 14.1. The maximum Gasteiger partial charge on any atom is 0.146 e. The number of ether oxygens (including phenoxy) is 1. The summed E-state index contributed by atoms with van der Waals surface area (Å²) in [5.74, 6) is 0.266. The SMILES string of the molecule is O[C@H]1CCN(CC2(O)CCN(c3ccccc3F)CC2)C[C@]1(O)COc1cccc(Cl)c1. The lowest BCUT2D eigenvalue weighted by molar-refractivity contribution is -0.149. The van der Waals surface area contributed by atoms with Crippen LogP contribution in [0.5, 0.6) is 5.75 Å². The van der Waals surface area contributed by atoms with Crippen LogP contribution in [-0.4, -0.2) is 76.9 Å². The van der Waals surface area contributed by atoms with E-state index in [4.69, 9.17) is 16.3 Å². The molecule has 0 spiro atoms. The van der Waals surface area contributed by atoms with Crippen molar-refractivity contribution >= 4 is 17.3 Å². The molecule has 2 aromatic carbocycles. The first-order valence-electron chi connectivity index (χ1n) is 11.0. The molecule has 2 saturated heterocycles. The molecular weight excluding hydrogens is 435 g/mol. The van der Waals surface area contributed by atoms with E-state index in [1.54, 1.807) is 36.4 Å². The number of piperidine rings is 2. The molecule has 2 fully saturated rings. The Hall–Kier alpha value is -1.90. The summed E-state index contributed by atoms with van der Waals surface area (Å²) in [6, 6.07) is 13.6. The molecular formula is C24H30ClFN2O4. The average Bonchev–Trinajstić information content (AvgIpc) is 2.76. The predicted octanol–water partition coefficient (Wildman–Crippen LogP) is 2.69. The van der Waals surface area contributed by atoms with Gasteiger partial charge in [-0.15, -0.1) is 0 Å². The summed E-state index contributed by atoms with van der Waals surface area (Å²) in [6.07, 6.45) is 0.457. The molecule has 32 heavy (non-hydrogen) atoms. The smallest absolute Gasteiger partial charge is 0.146 e. The van der Waals surface area contributed by atoms with Crippen LogP contribution in [0.1, 0.15) is 19.3 Å². The third kappa shape index (κ3) is 5.35. The zero-order valence-electron chi connectivity index (χ0n) is 18.0. The van der Waals surface area contributed by atoms with Gasteiger partial charge >= 0.3 is 0 Å². The molecule has 0 saturated carbocycles. The topological polar surface area (TPSA) is 76.4 Å². The molecule has 0 aromatic heterocycles. The molecule has 2 aliphatic heterocycles. The standard InChI is InChI=1S/C24H30ClFN2O4/c25-18-4-3-5-19(14-18)32-17-24(31)16-27(11-8-22(24)29)15-23(30)9-12-28(13-10-23)21-7-2-1-6-20(21)26/h1-7,14,22,29-31H,8-13,15-17H2/t22-,24-/m0/s1. The number of para-hydroxylation sites is 1. The molecule has 0 amide bonds. The van der Waals surface area contributed by atoms with Gasteiger partial charge in [-0.2, -0.15) is 0 Å². The Bertz CT molecular complexity index is 924. The summed E-state index contributed by atoms with van der Waals surface area (Å²) in [6.45, 7) is 2.16. The highest BCUT2D eigenvalue weighted by Crippen LogP contribution is 2.31. The summed E-state index contributed by atoms with van der Waals surface area (Å²) in [7, 11) is 0. The Morgan fingerprint density at radius 3 is 2.53 bits per heavy atom. The van der Waals surface area contributed by atoms with Crippen LogP contribution >= 0.6 is 11.6 Å². The maximum atomic E-state index is 14.1. The number of β-amino-alcohol motifs (C(OH)–C–C–N with tert-alkyl or cyclic N) is 2. The van der Waals surface area contributed by atoms with Gasteiger partial charge in [-0.3, -0.25) is 4.90 Å². The fourth-order valence-corrected chi connectivity index (χ4v) is 4.81. The van der Waals surface area contributed by atoms with E-state index in [0.717, 1.165) is 0 Å². The molecule has 2 heterocycles. The zero-order chi connectivity index (χ0) is 22.8. The molecule has 0 radical (unpaired) electrons. The van der Waals surface area contributed by atoms with Crippen LogP contribution in [-0.2, 0) is 0 Å². The molecule has 2 aromatic rings. The number of benzene rings is 2. The van der Waals surface area contributed by atoms with Crippen molar-refractivity contribution < 1.29 is 24.4 Å². The second-order valence-corrected chi connectivity index (χ2v) is 9.46. The van der Waals surface area contributed by atoms with Crippen LogP contribution < -0.4 is 9.64 Å². The lowest BCUT2D eigenvalue weighted by atomic mass is 9.86. The van der Waals surface area contributed by atoms with E-state index in [0.29, 0.717) is 61.9 Å². The number of anilines is 1. The summed E-state index contributed by atoms with van der Waals surface area (Å²) < 4.78 is 19.8. The van der Waals surface area contributed by atoms with Crippen molar-refractivity contribution in [2.24, 2.45) is 0 Å².